The maximum Gasteiger partial charge on any atom is 0.343 e. The fraction of sp³-hybridized carbons (Fsp3) is 0.368. The van der Waals surface area contributed by atoms with Gasteiger partial charge in [0.25, 0.3) is 0 Å². The molecule has 0 aromatic heterocycles. The van der Waals surface area contributed by atoms with Gasteiger partial charge in [0.2, 0.25) is 5.91 Å². The van der Waals surface area contributed by atoms with Crippen LogP contribution in [0.25, 0.3) is 10.8 Å². The van der Waals surface area contributed by atoms with Gasteiger partial charge in [-0.1, -0.05) is 24.3 Å². The molecule has 6 heteroatoms. The third kappa shape index (κ3) is 4.09. The lowest BCUT2D eigenvalue weighted by Gasteiger charge is -2.22. The Bertz CT molecular complexity index is 769. The van der Waals surface area contributed by atoms with Crippen LogP contribution in [0.3, 0.4) is 0 Å². The topological polar surface area (TPSA) is 76.7 Å². The zero-order valence-electron chi connectivity index (χ0n) is 14.2. The van der Waals surface area contributed by atoms with E-state index in [0.29, 0.717) is 5.75 Å². The van der Waals surface area contributed by atoms with Crippen LogP contribution in [-0.4, -0.2) is 38.7 Å². The standard InChI is InChI=1S/C19H22N2O4/c1-24-18(22)12-25-17-7-6-16(14-4-2-3-5-15(14)17)21-19(23)13-8-10-20-11-9-13/h2-7,13,20H,8-12H2,1H3,(H,21,23). The van der Waals surface area contributed by atoms with E-state index >= 15 is 0 Å². The van der Waals surface area contributed by atoms with E-state index in [-0.39, 0.29) is 18.4 Å². The Labute approximate surface area is 146 Å². The molecule has 0 unspecified atom stereocenters. The molecule has 0 bridgehead atoms. The summed E-state index contributed by atoms with van der Waals surface area (Å²) in [6.45, 7) is 1.60. The Morgan fingerprint density at radius 2 is 1.84 bits per heavy atom. The molecule has 2 N–H and O–H groups in total. The molecule has 25 heavy (non-hydrogen) atoms. The maximum atomic E-state index is 12.5. The third-order valence-electron chi connectivity index (χ3n) is 4.43. The van der Waals surface area contributed by atoms with Crippen molar-refractivity contribution >= 4 is 28.3 Å². The molecule has 0 atom stereocenters. The number of benzene rings is 2. The van der Waals surface area contributed by atoms with E-state index in [1.165, 1.54) is 7.11 Å². The number of hydrogen-bond donors (Lipinski definition) is 2. The summed E-state index contributed by atoms with van der Waals surface area (Å²) >= 11 is 0. The predicted octanol–water partition coefficient (Wildman–Crippen LogP) is 2.33. The van der Waals surface area contributed by atoms with Crippen LogP contribution >= 0.6 is 0 Å². The summed E-state index contributed by atoms with van der Waals surface area (Å²) in [5.41, 5.74) is 0.754. The Morgan fingerprint density at radius 3 is 2.56 bits per heavy atom. The van der Waals surface area contributed by atoms with Crippen molar-refractivity contribution in [1.29, 1.82) is 0 Å². The van der Waals surface area contributed by atoms with Gasteiger partial charge in [-0.2, -0.15) is 0 Å². The van der Waals surface area contributed by atoms with Gasteiger partial charge in [0.05, 0.1) is 7.11 Å². The molecule has 0 radical (unpaired) electrons. The van der Waals surface area contributed by atoms with Crippen LogP contribution < -0.4 is 15.4 Å². The molecule has 2 aromatic rings. The second kappa shape index (κ2) is 7.98. The number of fused-ring (bicyclic) bond motifs is 1. The van der Waals surface area contributed by atoms with Gasteiger partial charge in [0.1, 0.15) is 5.75 Å². The molecule has 1 aliphatic rings. The summed E-state index contributed by atoms with van der Waals surface area (Å²) in [5.74, 6) is 0.235. The van der Waals surface area contributed by atoms with E-state index in [9.17, 15) is 9.59 Å². The quantitative estimate of drug-likeness (QED) is 0.816. The van der Waals surface area contributed by atoms with Crippen molar-refractivity contribution in [3.8, 4) is 5.75 Å². The first-order valence-corrected chi connectivity index (χ1v) is 8.42. The highest BCUT2D eigenvalue weighted by atomic mass is 16.6. The first-order chi connectivity index (χ1) is 12.2. The van der Waals surface area contributed by atoms with E-state index in [1.807, 2.05) is 30.3 Å². The number of methoxy groups -OCH3 is 1. The van der Waals surface area contributed by atoms with Crippen molar-refractivity contribution in [3.63, 3.8) is 0 Å². The molecule has 6 nitrogen and oxygen atoms in total. The van der Waals surface area contributed by atoms with E-state index < -0.39 is 5.97 Å². The van der Waals surface area contributed by atoms with Gasteiger partial charge in [-0.3, -0.25) is 4.79 Å². The van der Waals surface area contributed by atoms with Crippen LogP contribution in [0.15, 0.2) is 36.4 Å². The fourth-order valence-corrected chi connectivity index (χ4v) is 3.02. The van der Waals surface area contributed by atoms with E-state index in [2.05, 4.69) is 15.4 Å². The molecule has 3 rings (SSSR count). The minimum absolute atomic E-state index is 0.0373. The SMILES string of the molecule is COC(=O)COc1ccc(NC(=O)C2CCNCC2)c2ccccc12. The lowest BCUT2D eigenvalue weighted by molar-refractivity contribution is -0.142. The van der Waals surface area contributed by atoms with Gasteiger partial charge in [0, 0.05) is 22.4 Å². The Hall–Kier alpha value is -2.60. The maximum absolute atomic E-state index is 12.5. The molecule has 0 aliphatic carbocycles. The highest BCUT2D eigenvalue weighted by molar-refractivity contribution is 6.04. The number of rotatable bonds is 5. The van der Waals surface area contributed by atoms with Crippen LogP contribution in [0.1, 0.15) is 12.8 Å². The van der Waals surface area contributed by atoms with Crippen LogP contribution in [0.4, 0.5) is 5.69 Å². The number of esters is 1. The monoisotopic (exact) mass is 342 g/mol. The molecule has 1 fully saturated rings. The summed E-state index contributed by atoms with van der Waals surface area (Å²) in [7, 11) is 1.32. The first-order valence-electron chi connectivity index (χ1n) is 8.42. The summed E-state index contributed by atoms with van der Waals surface area (Å²) in [6.07, 6.45) is 1.70. The zero-order valence-corrected chi connectivity index (χ0v) is 14.2. The van der Waals surface area contributed by atoms with Gasteiger partial charge in [-0.15, -0.1) is 0 Å². The van der Waals surface area contributed by atoms with E-state index in [1.54, 1.807) is 6.07 Å². The van der Waals surface area contributed by atoms with Gasteiger partial charge < -0.3 is 20.1 Å². The second-order valence-corrected chi connectivity index (χ2v) is 6.04. The zero-order chi connectivity index (χ0) is 17.6. The number of amides is 1. The average Bonchev–Trinajstić information content (AvgIpc) is 2.67. The van der Waals surface area contributed by atoms with Crippen LogP contribution in [-0.2, 0) is 14.3 Å². The summed E-state index contributed by atoms with van der Waals surface area (Å²) in [4.78, 5) is 23.8. The molecule has 132 valence electrons. The number of piperidine rings is 1. The largest absolute Gasteiger partial charge is 0.481 e. The third-order valence-corrected chi connectivity index (χ3v) is 4.43. The molecular weight excluding hydrogens is 320 g/mol. The fourth-order valence-electron chi connectivity index (χ4n) is 3.02. The van der Waals surface area contributed by atoms with E-state index in [0.717, 1.165) is 42.4 Å². The number of ether oxygens (including phenoxy) is 2. The smallest absolute Gasteiger partial charge is 0.343 e. The summed E-state index contributed by atoms with van der Waals surface area (Å²) in [6, 6.07) is 11.2. The van der Waals surface area contributed by atoms with Crippen LogP contribution in [0.5, 0.6) is 5.75 Å². The molecule has 1 amide bonds. The molecule has 1 saturated heterocycles. The minimum Gasteiger partial charge on any atom is -0.481 e. The number of anilines is 1. The molecule has 1 heterocycles. The number of hydrogen-bond acceptors (Lipinski definition) is 5. The number of carbonyl (C=O) groups is 2. The van der Waals surface area contributed by atoms with Crippen LogP contribution in [0, 0.1) is 5.92 Å². The highest BCUT2D eigenvalue weighted by Crippen LogP contribution is 2.32. The van der Waals surface area contributed by atoms with Crippen molar-refractivity contribution in [2.45, 2.75) is 12.8 Å². The number of nitrogens with one attached hydrogen (secondary N) is 2. The lowest BCUT2D eigenvalue weighted by Crippen LogP contribution is -2.34. The van der Waals surface area contributed by atoms with Crippen molar-refractivity contribution in [1.82, 2.24) is 5.32 Å². The lowest BCUT2D eigenvalue weighted by atomic mass is 9.97. The van der Waals surface area contributed by atoms with Crippen LogP contribution in [0.2, 0.25) is 0 Å². The molecule has 0 spiro atoms. The predicted molar refractivity (Wildman–Crippen MR) is 95.7 cm³/mol. The molecule has 2 aromatic carbocycles. The minimum atomic E-state index is -0.438. The van der Waals surface area contributed by atoms with Gasteiger partial charge in [0.15, 0.2) is 6.61 Å². The second-order valence-electron chi connectivity index (χ2n) is 6.04. The van der Waals surface area contributed by atoms with Gasteiger partial charge in [-0.25, -0.2) is 4.79 Å². The normalized spacial score (nSPS) is 14.9. The summed E-state index contributed by atoms with van der Waals surface area (Å²) < 4.78 is 10.2. The summed E-state index contributed by atoms with van der Waals surface area (Å²) in [5, 5.41) is 8.03. The molecule has 0 saturated carbocycles. The van der Waals surface area contributed by atoms with E-state index in [4.69, 9.17) is 4.74 Å². The molecule has 1 aliphatic heterocycles. The number of carbonyl (C=O) groups excluding carboxylic acids is 2. The Morgan fingerprint density at radius 1 is 1.12 bits per heavy atom. The van der Waals surface area contributed by atoms with Crippen molar-refractivity contribution in [3.05, 3.63) is 36.4 Å². The Kier molecular flexibility index (Phi) is 5.50. The van der Waals surface area contributed by atoms with Crippen molar-refractivity contribution in [2.75, 3.05) is 32.1 Å². The first kappa shape index (κ1) is 17.2. The highest BCUT2D eigenvalue weighted by Gasteiger charge is 2.21. The Balaban J connectivity index is 1.82. The van der Waals surface area contributed by atoms with Gasteiger partial charge >= 0.3 is 5.97 Å². The van der Waals surface area contributed by atoms with Crippen molar-refractivity contribution < 1.29 is 19.1 Å². The van der Waals surface area contributed by atoms with Crippen molar-refractivity contribution in [2.24, 2.45) is 5.92 Å². The van der Waals surface area contributed by atoms with Gasteiger partial charge in [-0.05, 0) is 38.1 Å². The average molecular weight is 342 g/mol. The molecular formula is C19H22N2O4.